The summed E-state index contributed by atoms with van der Waals surface area (Å²) in [5, 5.41) is 2.34. The Morgan fingerprint density at radius 2 is 1.95 bits per heavy atom. The van der Waals surface area contributed by atoms with Gasteiger partial charge in [-0.2, -0.15) is 0 Å². The molecule has 3 nitrogen and oxygen atoms in total. The van der Waals surface area contributed by atoms with Crippen LogP contribution in [0.15, 0.2) is 18.2 Å². The van der Waals surface area contributed by atoms with Crippen molar-refractivity contribution >= 4 is 5.97 Å². The zero-order valence-electron chi connectivity index (χ0n) is 13.7. The molecule has 3 heteroatoms. The van der Waals surface area contributed by atoms with Crippen LogP contribution in [0.5, 0.6) is 0 Å². The van der Waals surface area contributed by atoms with Crippen molar-refractivity contribution in [1.29, 1.82) is 0 Å². The summed E-state index contributed by atoms with van der Waals surface area (Å²) < 4.78 is 5.82. The molecule has 0 radical (unpaired) electrons. The summed E-state index contributed by atoms with van der Waals surface area (Å²) >= 11 is 0. The number of rotatable bonds is 4. The minimum Gasteiger partial charge on any atom is -0.459 e. The van der Waals surface area contributed by atoms with Crippen LogP contribution < -0.4 is 5.32 Å². The number of aryl methyl sites for hydroxylation is 2. The average molecular weight is 290 g/mol. The Kier molecular flexibility index (Phi) is 5.04. The molecule has 0 aliphatic carbocycles. The van der Waals surface area contributed by atoms with Crippen LogP contribution in [0.2, 0.25) is 0 Å². The molecule has 2 rings (SSSR count). The molecule has 1 fully saturated rings. The van der Waals surface area contributed by atoms with Gasteiger partial charge in [-0.25, -0.2) is 0 Å². The van der Waals surface area contributed by atoms with Gasteiger partial charge in [0.25, 0.3) is 0 Å². The van der Waals surface area contributed by atoms with Crippen molar-refractivity contribution in [2.24, 2.45) is 5.92 Å². The second-order valence-electron chi connectivity index (χ2n) is 6.82. The number of nitrogens with two attached hydrogens (primary N) is 1. The zero-order valence-corrected chi connectivity index (χ0v) is 13.7. The van der Waals surface area contributed by atoms with E-state index in [9.17, 15) is 4.79 Å². The molecule has 1 aliphatic rings. The molecule has 0 unspecified atom stereocenters. The maximum absolute atomic E-state index is 12.3. The van der Waals surface area contributed by atoms with E-state index in [-0.39, 0.29) is 11.6 Å². The molecular formula is C18H28NO2+. The SMILES string of the molecule is Cc1ccc(C)c(CC(=O)OC(C)(C)C2CC[NH2+]CC2)c1. The molecule has 1 aromatic carbocycles. The molecule has 1 aliphatic heterocycles. The quantitative estimate of drug-likeness (QED) is 0.863. The van der Waals surface area contributed by atoms with E-state index in [0.717, 1.165) is 37.1 Å². The molecule has 0 spiro atoms. The first-order valence-corrected chi connectivity index (χ1v) is 7.98. The Morgan fingerprint density at radius 1 is 1.29 bits per heavy atom. The first-order valence-electron chi connectivity index (χ1n) is 7.98. The Labute approximate surface area is 128 Å². The fourth-order valence-corrected chi connectivity index (χ4v) is 3.18. The maximum Gasteiger partial charge on any atom is 0.310 e. The molecule has 1 aromatic rings. The van der Waals surface area contributed by atoms with Crippen molar-refractivity contribution in [3.05, 3.63) is 34.9 Å². The Hall–Kier alpha value is -1.35. The molecule has 0 atom stereocenters. The Balaban J connectivity index is 1.98. The topological polar surface area (TPSA) is 42.9 Å². The molecule has 1 saturated heterocycles. The molecule has 0 bridgehead atoms. The molecule has 0 amide bonds. The number of hydrogen-bond acceptors (Lipinski definition) is 2. The second kappa shape index (κ2) is 6.61. The highest BCUT2D eigenvalue weighted by atomic mass is 16.6. The van der Waals surface area contributed by atoms with E-state index >= 15 is 0 Å². The lowest BCUT2D eigenvalue weighted by Crippen LogP contribution is -2.86. The average Bonchev–Trinajstić information content (AvgIpc) is 2.43. The number of piperidine rings is 1. The van der Waals surface area contributed by atoms with Gasteiger partial charge in [0, 0.05) is 18.8 Å². The summed E-state index contributed by atoms with van der Waals surface area (Å²) in [5.41, 5.74) is 3.06. The molecule has 0 saturated carbocycles. The summed E-state index contributed by atoms with van der Waals surface area (Å²) in [6, 6.07) is 6.23. The number of carbonyl (C=O) groups is 1. The zero-order chi connectivity index (χ0) is 15.5. The maximum atomic E-state index is 12.3. The minimum absolute atomic E-state index is 0.108. The third kappa shape index (κ3) is 4.31. The summed E-state index contributed by atoms with van der Waals surface area (Å²) in [6.45, 7) is 10.5. The highest BCUT2D eigenvalue weighted by Crippen LogP contribution is 2.28. The second-order valence-corrected chi connectivity index (χ2v) is 6.82. The lowest BCUT2D eigenvalue weighted by molar-refractivity contribution is -0.665. The number of benzene rings is 1. The predicted molar refractivity (Wildman–Crippen MR) is 84.2 cm³/mol. The van der Waals surface area contributed by atoms with Crippen molar-refractivity contribution in [2.75, 3.05) is 13.1 Å². The van der Waals surface area contributed by atoms with Crippen molar-refractivity contribution < 1.29 is 14.8 Å². The molecule has 0 aromatic heterocycles. The van der Waals surface area contributed by atoms with Crippen LogP contribution in [-0.2, 0) is 16.0 Å². The number of carbonyl (C=O) groups excluding carboxylic acids is 1. The van der Waals surface area contributed by atoms with E-state index in [4.69, 9.17) is 4.74 Å². The van der Waals surface area contributed by atoms with Crippen LogP contribution in [0.4, 0.5) is 0 Å². The monoisotopic (exact) mass is 290 g/mol. The lowest BCUT2D eigenvalue weighted by Gasteiger charge is -2.35. The van der Waals surface area contributed by atoms with E-state index < -0.39 is 0 Å². The largest absolute Gasteiger partial charge is 0.459 e. The predicted octanol–water partition coefficient (Wildman–Crippen LogP) is 2.14. The highest BCUT2D eigenvalue weighted by Gasteiger charge is 2.35. The van der Waals surface area contributed by atoms with Crippen LogP contribution in [0.3, 0.4) is 0 Å². The van der Waals surface area contributed by atoms with E-state index in [0.29, 0.717) is 12.3 Å². The van der Waals surface area contributed by atoms with Gasteiger partial charge in [-0.15, -0.1) is 0 Å². The van der Waals surface area contributed by atoms with Gasteiger partial charge in [0.05, 0.1) is 19.5 Å². The summed E-state index contributed by atoms with van der Waals surface area (Å²) in [4.78, 5) is 12.3. The van der Waals surface area contributed by atoms with Crippen LogP contribution in [0.1, 0.15) is 43.4 Å². The third-order valence-electron chi connectivity index (χ3n) is 4.64. The Morgan fingerprint density at radius 3 is 2.62 bits per heavy atom. The fraction of sp³-hybridized carbons (Fsp3) is 0.611. The van der Waals surface area contributed by atoms with Crippen molar-refractivity contribution in [3.8, 4) is 0 Å². The lowest BCUT2D eigenvalue weighted by atomic mass is 9.83. The van der Waals surface area contributed by atoms with Gasteiger partial charge in [0.15, 0.2) is 0 Å². The summed E-state index contributed by atoms with van der Waals surface area (Å²) in [5.74, 6) is 0.369. The van der Waals surface area contributed by atoms with Gasteiger partial charge in [-0.1, -0.05) is 23.8 Å². The number of quaternary nitrogens is 1. The first-order chi connectivity index (χ1) is 9.88. The van der Waals surface area contributed by atoms with E-state index in [2.05, 4.69) is 44.3 Å². The van der Waals surface area contributed by atoms with Crippen molar-refractivity contribution in [2.45, 2.75) is 52.6 Å². The van der Waals surface area contributed by atoms with Gasteiger partial charge in [-0.05, 0) is 38.8 Å². The van der Waals surface area contributed by atoms with Crippen molar-refractivity contribution in [1.82, 2.24) is 0 Å². The molecule has 21 heavy (non-hydrogen) atoms. The van der Waals surface area contributed by atoms with Crippen LogP contribution in [-0.4, -0.2) is 24.7 Å². The molecular weight excluding hydrogens is 262 g/mol. The number of ether oxygens (including phenoxy) is 1. The Bertz CT molecular complexity index is 502. The van der Waals surface area contributed by atoms with E-state index in [1.807, 2.05) is 6.92 Å². The fourth-order valence-electron chi connectivity index (χ4n) is 3.18. The molecule has 116 valence electrons. The summed E-state index contributed by atoms with van der Waals surface area (Å²) in [6.07, 6.45) is 2.63. The van der Waals surface area contributed by atoms with Crippen LogP contribution in [0.25, 0.3) is 0 Å². The van der Waals surface area contributed by atoms with Gasteiger partial charge in [0.2, 0.25) is 0 Å². The van der Waals surface area contributed by atoms with Crippen LogP contribution >= 0.6 is 0 Å². The van der Waals surface area contributed by atoms with E-state index in [1.165, 1.54) is 5.56 Å². The number of hydrogen-bond donors (Lipinski definition) is 1. The molecule has 2 N–H and O–H groups in total. The normalized spacial score (nSPS) is 16.8. The van der Waals surface area contributed by atoms with Gasteiger partial charge >= 0.3 is 5.97 Å². The van der Waals surface area contributed by atoms with Gasteiger partial charge in [0.1, 0.15) is 5.60 Å². The molecule has 1 heterocycles. The minimum atomic E-state index is -0.358. The van der Waals surface area contributed by atoms with Crippen LogP contribution in [0, 0.1) is 19.8 Å². The third-order valence-corrected chi connectivity index (χ3v) is 4.64. The van der Waals surface area contributed by atoms with Crippen molar-refractivity contribution in [3.63, 3.8) is 0 Å². The first kappa shape index (κ1) is 16.0. The highest BCUT2D eigenvalue weighted by molar-refractivity contribution is 5.73. The van der Waals surface area contributed by atoms with Gasteiger partial charge < -0.3 is 10.1 Å². The number of esters is 1. The van der Waals surface area contributed by atoms with E-state index in [1.54, 1.807) is 0 Å². The smallest absolute Gasteiger partial charge is 0.310 e. The standard InChI is InChI=1S/C18H27NO2/c1-13-5-6-14(2)15(11-13)12-17(20)21-18(3,4)16-7-9-19-10-8-16/h5-6,11,16,19H,7-10,12H2,1-4H3/p+1. The van der Waals surface area contributed by atoms with Gasteiger partial charge in [-0.3, -0.25) is 4.79 Å². The summed E-state index contributed by atoms with van der Waals surface area (Å²) in [7, 11) is 0.